The molecule has 0 N–H and O–H groups in total. The van der Waals surface area contributed by atoms with E-state index >= 15 is 0 Å². The Labute approximate surface area is 144 Å². The molecular weight excluding hydrogens is 324 g/mol. The molecule has 5 rings (SSSR count). The van der Waals surface area contributed by atoms with Gasteiger partial charge in [0.1, 0.15) is 23.7 Å². The zero-order valence-corrected chi connectivity index (χ0v) is 14.2. The van der Waals surface area contributed by atoms with Gasteiger partial charge >= 0.3 is 0 Å². The fraction of sp³-hybridized carbons (Fsp3) is 0.211. The van der Waals surface area contributed by atoms with Crippen molar-refractivity contribution in [2.75, 3.05) is 13.1 Å². The molecule has 2 aromatic heterocycles. The quantitative estimate of drug-likeness (QED) is 0.439. The molecule has 0 atom stereocenters. The van der Waals surface area contributed by atoms with E-state index in [4.69, 9.17) is 11.6 Å². The topological polar surface area (TPSA) is 7.94 Å². The first-order valence-corrected chi connectivity index (χ1v) is 9.26. The number of aromatic nitrogens is 1. The summed E-state index contributed by atoms with van der Waals surface area (Å²) in [5.41, 5.74) is 6.62. The van der Waals surface area contributed by atoms with Crippen LogP contribution in [0.1, 0.15) is 23.4 Å². The summed E-state index contributed by atoms with van der Waals surface area (Å²) in [5, 5.41) is 3.07. The van der Waals surface area contributed by atoms with Gasteiger partial charge in [0.05, 0.1) is 5.69 Å². The molecule has 0 saturated carbocycles. The molecule has 2 aliphatic rings. The van der Waals surface area contributed by atoms with E-state index in [0.717, 1.165) is 5.02 Å². The predicted molar refractivity (Wildman–Crippen MR) is 96.5 cm³/mol. The molecule has 2 aliphatic heterocycles. The van der Waals surface area contributed by atoms with Gasteiger partial charge in [-0.3, -0.25) is 0 Å². The van der Waals surface area contributed by atoms with Crippen molar-refractivity contribution in [1.29, 1.82) is 0 Å². The van der Waals surface area contributed by atoms with E-state index in [1.165, 1.54) is 59.0 Å². The summed E-state index contributed by atoms with van der Waals surface area (Å²) in [6, 6.07) is 12.6. The summed E-state index contributed by atoms with van der Waals surface area (Å²) in [6.45, 7) is 2.35. The fourth-order valence-electron chi connectivity index (χ4n) is 3.72. The zero-order chi connectivity index (χ0) is 15.4. The maximum Gasteiger partial charge on any atom is 0.243 e. The molecule has 114 valence electrons. The lowest BCUT2D eigenvalue weighted by atomic mass is 10.1. The van der Waals surface area contributed by atoms with Crippen LogP contribution in [-0.2, 0) is 0 Å². The monoisotopic (exact) mass is 339 g/mol. The molecule has 0 bridgehead atoms. The van der Waals surface area contributed by atoms with Gasteiger partial charge < -0.3 is 4.57 Å². The summed E-state index contributed by atoms with van der Waals surface area (Å²) in [7, 11) is 0. The van der Waals surface area contributed by atoms with Crippen molar-refractivity contribution in [3.05, 3.63) is 63.6 Å². The van der Waals surface area contributed by atoms with E-state index in [0.29, 0.717) is 0 Å². The zero-order valence-electron chi connectivity index (χ0n) is 12.6. The Morgan fingerprint density at radius 1 is 1.04 bits per heavy atom. The molecule has 1 saturated heterocycles. The largest absolute Gasteiger partial charge is 0.309 e. The van der Waals surface area contributed by atoms with Crippen molar-refractivity contribution in [1.82, 2.24) is 4.57 Å². The number of fused-ring (bicyclic) bond motifs is 3. The second-order valence-electron chi connectivity index (χ2n) is 6.14. The Hall–Kier alpha value is -1.84. The van der Waals surface area contributed by atoms with Crippen LogP contribution in [0.4, 0.5) is 0 Å². The SMILES string of the molecule is Clc1ccc(-c2csc3c2-n2cccc2C3=[N+]2CCCC2)cc1. The van der Waals surface area contributed by atoms with E-state index in [-0.39, 0.29) is 0 Å². The molecule has 0 aliphatic carbocycles. The van der Waals surface area contributed by atoms with Gasteiger partial charge in [0, 0.05) is 35.0 Å². The minimum absolute atomic E-state index is 0.784. The summed E-state index contributed by atoms with van der Waals surface area (Å²) >= 11 is 7.91. The van der Waals surface area contributed by atoms with Crippen LogP contribution in [0.3, 0.4) is 0 Å². The maximum atomic E-state index is 6.05. The smallest absolute Gasteiger partial charge is 0.243 e. The first kappa shape index (κ1) is 13.6. The standard InChI is InChI=1S/C19H16ClN2S/c20-14-7-5-13(6-8-14)15-12-23-19-17(15)22-11-3-4-16(22)18(19)21-9-1-2-10-21/h3-8,11-12H,1-2,9-10H2/q+1. The van der Waals surface area contributed by atoms with Crippen LogP contribution in [-0.4, -0.2) is 27.9 Å². The molecule has 4 heteroatoms. The van der Waals surface area contributed by atoms with Gasteiger partial charge in [-0.25, -0.2) is 4.58 Å². The highest BCUT2D eigenvalue weighted by Gasteiger charge is 2.36. The number of nitrogens with zero attached hydrogens (tertiary/aromatic N) is 2. The van der Waals surface area contributed by atoms with Gasteiger partial charge in [0.2, 0.25) is 5.71 Å². The Kier molecular flexibility index (Phi) is 3.00. The average molecular weight is 340 g/mol. The summed E-state index contributed by atoms with van der Waals surface area (Å²) in [4.78, 5) is 1.41. The van der Waals surface area contributed by atoms with E-state index < -0.39 is 0 Å². The third kappa shape index (κ3) is 1.97. The molecule has 2 nitrogen and oxygen atoms in total. The highest BCUT2D eigenvalue weighted by Crippen LogP contribution is 2.41. The van der Waals surface area contributed by atoms with Crippen molar-refractivity contribution in [2.24, 2.45) is 0 Å². The molecular formula is C19H16ClN2S+. The third-order valence-corrected chi connectivity index (χ3v) is 6.02. The number of benzene rings is 1. The van der Waals surface area contributed by atoms with Crippen LogP contribution in [0, 0.1) is 0 Å². The van der Waals surface area contributed by atoms with Gasteiger partial charge in [-0.15, -0.1) is 11.3 Å². The molecule has 0 unspecified atom stereocenters. The molecule has 4 heterocycles. The normalized spacial score (nSPS) is 16.0. The van der Waals surface area contributed by atoms with Gasteiger partial charge in [0.25, 0.3) is 0 Å². The second-order valence-corrected chi connectivity index (χ2v) is 7.46. The first-order chi connectivity index (χ1) is 11.3. The highest BCUT2D eigenvalue weighted by atomic mass is 35.5. The van der Waals surface area contributed by atoms with Crippen molar-refractivity contribution < 1.29 is 4.58 Å². The average Bonchev–Trinajstić information content (AvgIpc) is 3.30. The van der Waals surface area contributed by atoms with Crippen molar-refractivity contribution in [3.63, 3.8) is 0 Å². The lowest BCUT2D eigenvalue weighted by Gasteiger charge is -2.04. The predicted octanol–water partition coefficient (Wildman–Crippen LogP) is 4.82. The molecule has 23 heavy (non-hydrogen) atoms. The van der Waals surface area contributed by atoms with Gasteiger partial charge in [-0.05, 0) is 29.8 Å². The van der Waals surface area contributed by atoms with E-state index in [2.05, 4.69) is 45.0 Å². The Balaban J connectivity index is 1.76. The maximum absolute atomic E-state index is 6.05. The van der Waals surface area contributed by atoms with Gasteiger partial charge in [-0.2, -0.15) is 0 Å². The summed E-state index contributed by atoms with van der Waals surface area (Å²) in [6.07, 6.45) is 4.79. The molecule has 1 aromatic carbocycles. The van der Waals surface area contributed by atoms with Gasteiger partial charge in [0.15, 0.2) is 0 Å². The summed E-state index contributed by atoms with van der Waals surface area (Å²) in [5.74, 6) is 0. The molecule has 0 spiro atoms. The van der Waals surface area contributed by atoms with Crippen molar-refractivity contribution in [3.8, 4) is 16.8 Å². The summed E-state index contributed by atoms with van der Waals surface area (Å²) < 4.78 is 4.91. The third-order valence-electron chi connectivity index (χ3n) is 4.79. The molecule has 3 aromatic rings. The minimum atomic E-state index is 0.784. The Morgan fingerprint density at radius 2 is 1.83 bits per heavy atom. The lowest BCUT2D eigenvalue weighted by molar-refractivity contribution is -0.504. The number of thiophene rings is 1. The van der Waals surface area contributed by atoms with E-state index in [9.17, 15) is 0 Å². The molecule has 0 radical (unpaired) electrons. The van der Waals surface area contributed by atoms with Crippen LogP contribution in [0.5, 0.6) is 0 Å². The number of rotatable bonds is 1. The van der Waals surface area contributed by atoms with Crippen LogP contribution in [0.15, 0.2) is 48.0 Å². The Morgan fingerprint density at radius 3 is 2.61 bits per heavy atom. The number of hydrogen-bond acceptors (Lipinski definition) is 1. The minimum Gasteiger partial charge on any atom is -0.309 e. The van der Waals surface area contributed by atoms with Crippen molar-refractivity contribution in [2.45, 2.75) is 12.8 Å². The van der Waals surface area contributed by atoms with Crippen molar-refractivity contribution >= 4 is 28.6 Å². The van der Waals surface area contributed by atoms with Gasteiger partial charge in [-0.1, -0.05) is 23.7 Å². The molecule has 1 fully saturated rings. The number of hydrogen-bond donors (Lipinski definition) is 0. The van der Waals surface area contributed by atoms with Crippen LogP contribution in [0.25, 0.3) is 16.8 Å². The fourth-order valence-corrected chi connectivity index (χ4v) is 5.00. The second kappa shape index (κ2) is 5.08. The van der Waals surface area contributed by atoms with Crippen LogP contribution < -0.4 is 0 Å². The highest BCUT2D eigenvalue weighted by molar-refractivity contribution is 7.13. The van der Waals surface area contributed by atoms with Crippen LogP contribution >= 0.6 is 22.9 Å². The first-order valence-electron chi connectivity index (χ1n) is 8.01. The van der Waals surface area contributed by atoms with Crippen LogP contribution in [0.2, 0.25) is 5.02 Å². The number of halogens is 1. The Bertz CT molecular complexity index is 923. The van der Waals surface area contributed by atoms with E-state index in [1.54, 1.807) is 0 Å². The van der Waals surface area contributed by atoms with E-state index in [1.807, 2.05) is 23.5 Å². The lowest BCUT2D eigenvalue weighted by Crippen LogP contribution is -2.18. The molecule has 0 amide bonds.